The molecule has 0 aliphatic carbocycles. The van der Waals surface area contributed by atoms with Gasteiger partial charge >= 0.3 is 12.0 Å². The minimum Gasteiger partial charge on any atom is -0.478 e. The summed E-state index contributed by atoms with van der Waals surface area (Å²) in [4.78, 5) is 22.7. The Morgan fingerprint density at radius 3 is 2.67 bits per heavy atom. The number of nitrogens with one attached hydrogen (secondary N) is 3. The third-order valence-corrected chi connectivity index (χ3v) is 3.10. The molecule has 7 nitrogen and oxygen atoms in total. The number of rotatable bonds is 4. The number of amides is 2. The lowest BCUT2D eigenvalue weighted by Crippen LogP contribution is -2.28. The number of aromatic carboxylic acids is 1. The van der Waals surface area contributed by atoms with Gasteiger partial charge in [-0.1, -0.05) is 0 Å². The maximum Gasteiger partial charge on any atom is 0.335 e. The highest BCUT2D eigenvalue weighted by atomic mass is 16.4. The van der Waals surface area contributed by atoms with Gasteiger partial charge in [0.25, 0.3) is 0 Å². The van der Waals surface area contributed by atoms with Crippen LogP contribution in [0, 0.1) is 13.8 Å². The molecular formula is C14H16N4O3. The largest absolute Gasteiger partial charge is 0.478 e. The summed E-state index contributed by atoms with van der Waals surface area (Å²) in [5.74, 6) is -0.996. The van der Waals surface area contributed by atoms with E-state index in [9.17, 15) is 9.59 Å². The summed E-state index contributed by atoms with van der Waals surface area (Å²) in [5.41, 5.74) is 3.25. The van der Waals surface area contributed by atoms with E-state index >= 15 is 0 Å². The first-order valence-corrected chi connectivity index (χ1v) is 6.35. The highest BCUT2D eigenvalue weighted by molar-refractivity contribution is 5.92. The van der Waals surface area contributed by atoms with Crippen molar-refractivity contribution in [2.45, 2.75) is 20.4 Å². The highest BCUT2D eigenvalue weighted by Gasteiger charge is 2.09. The van der Waals surface area contributed by atoms with E-state index in [-0.39, 0.29) is 11.6 Å². The molecule has 0 atom stereocenters. The number of carboxylic acid groups (broad SMARTS) is 1. The quantitative estimate of drug-likeness (QED) is 0.690. The summed E-state index contributed by atoms with van der Waals surface area (Å²) in [5, 5.41) is 20.9. The van der Waals surface area contributed by atoms with Gasteiger partial charge in [0, 0.05) is 23.5 Å². The van der Waals surface area contributed by atoms with Crippen molar-refractivity contribution in [3.8, 4) is 0 Å². The van der Waals surface area contributed by atoms with Crippen molar-refractivity contribution < 1.29 is 14.7 Å². The fourth-order valence-electron chi connectivity index (χ4n) is 1.83. The molecular weight excluding hydrogens is 272 g/mol. The number of aromatic amines is 1. The Kier molecular flexibility index (Phi) is 4.22. The third-order valence-electron chi connectivity index (χ3n) is 3.10. The molecule has 1 aromatic carbocycles. The Morgan fingerprint density at radius 1 is 1.33 bits per heavy atom. The lowest BCUT2D eigenvalue weighted by Gasteiger charge is -2.10. The third kappa shape index (κ3) is 3.59. The van der Waals surface area contributed by atoms with Crippen LogP contribution in [0.4, 0.5) is 10.5 Å². The van der Waals surface area contributed by atoms with Crippen molar-refractivity contribution >= 4 is 17.7 Å². The predicted octanol–water partition coefficient (Wildman–Crippen LogP) is 2.05. The van der Waals surface area contributed by atoms with Crippen LogP contribution in [0.3, 0.4) is 0 Å². The Bertz CT molecular complexity index is 679. The van der Waals surface area contributed by atoms with Gasteiger partial charge in [-0.05, 0) is 37.6 Å². The summed E-state index contributed by atoms with van der Waals surface area (Å²) in [6.07, 6.45) is 1.66. The van der Waals surface area contributed by atoms with E-state index in [4.69, 9.17) is 5.11 Å². The summed E-state index contributed by atoms with van der Waals surface area (Å²) in [6.45, 7) is 3.97. The number of nitrogens with zero attached hydrogens (tertiary/aromatic N) is 1. The lowest BCUT2D eigenvalue weighted by molar-refractivity contribution is 0.0697. The molecule has 2 rings (SSSR count). The van der Waals surface area contributed by atoms with E-state index in [0.29, 0.717) is 17.8 Å². The number of anilines is 1. The van der Waals surface area contributed by atoms with Crippen molar-refractivity contribution in [3.63, 3.8) is 0 Å². The van der Waals surface area contributed by atoms with Crippen LogP contribution in [0.25, 0.3) is 0 Å². The first-order chi connectivity index (χ1) is 9.97. The van der Waals surface area contributed by atoms with Crippen LogP contribution in [0.15, 0.2) is 24.4 Å². The number of carboxylic acids is 1. The molecule has 110 valence electrons. The van der Waals surface area contributed by atoms with Gasteiger partial charge in [-0.15, -0.1) is 0 Å². The van der Waals surface area contributed by atoms with Gasteiger partial charge in [-0.3, -0.25) is 5.10 Å². The van der Waals surface area contributed by atoms with Crippen LogP contribution in [-0.4, -0.2) is 27.3 Å². The van der Waals surface area contributed by atoms with E-state index in [0.717, 1.165) is 11.3 Å². The van der Waals surface area contributed by atoms with Crippen molar-refractivity contribution in [1.82, 2.24) is 15.5 Å². The lowest BCUT2D eigenvalue weighted by atomic mass is 10.1. The number of hydrogen-bond acceptors (Lipinski definition) is 3. The van der Waals surface area contributed by atoms with Gasteiger partial charge in [0.05, 0.1) is 11.8 Å². The standard InChI is InChI=1S/C14H16N4O3/c1-8-5-10(13(19)20)3-4-12(8)17-14(21)15-6-11-7-16-18-9(11)2/h3-5,7H,6H2,1-2H3,(H,16,18)(H,19,20)(H2,15,17,21). The molecule has 1 heterocycles. The molecule has 0 unspecified atom stereocenters. The second kappa shape index (κ2) is 6.08. The summed E-state index contributed by atoms with van der Waals surface area (Å²) in [6, 6.07) is 4.17. The second-order valence-corrected chi connectivity index (χ2v) is 4.66. The molecule has 7 heteroatoms. The van der Waals surface area contributed by atoms with Crippen molar-refractivity contribution in [2.24, 2.45) is 0 Å². The van der Waals surface area contributed by atoms with Gasteiger partial charge in [-0.2, -0.15) is 5.10 Å². The Hall–Kier alpha value is -2.83. The molecule has 4 N–H and O–H groups in total. The molecule has 0 radical (unpaired) electrons. The summed E-state index contributed by atoms with van der Waals surface area (Å²) in [7, 11) is 0. The maximum absolute atomic E-state index is 11.8. The SMILES string of the molecule is Cc1cc(C(=O)O)ccc1NC(=O)NCc1cn[nH]c1C. The van der Waals surface area contributed by atoms with Crippen molar-refractivity contribution in [3.05, 3.63) is 46.8 Å². The van der Waals surface area contributed by atoms with E-state index in [1.807, 2.05) is 6.92 Å². The molecule has 1 aromatic heterocycles. The zero-order valence-corrected chi connectivity index (χ0v) is 11.7. The smallest absolute Gasteiger partial charge is 0.335 e. The molecule has 0 fully saturated rings. The van der Waals surface area contributed by atoms with Crippen LogP contribution in [0.1, 0.15) is 27.2 Å². The van der Waals surface area contributed by atoms with Crippen LogP contribution in [-0.2, 0) is 6.54 Å². The Balaban J connectivity index is 1.96. The first kappa shape index (κ1) is 14.6. The first-order valence-electron chi connectivity index (χ1n) is 6.35. The number of urea groups is 1. The minimum atomic E-state index is -0.996. The fraction of sp³-hybridized carbons (Fsp3) is 0.214. The van der Waals surface area contributed by atoms with Gasteiger partial charge in [0.2, 0.25) is 0 Å². The zero-order valence-electron chi connectivity index (χ0n) is 11.7. The molecule has 0 aliphatic rings. The van der Waals surface area contributed by atoms with Gasteiger partial charge in [-0.25, -0.2) is 9.59 Å². The molecule has 21 heavy (non-hydrogen) atoms. The molecule has 2 aromatic rings. The van der Waals surface area contributed by atoms with E-state index in [2.05, 4.69) is 20.8 Å². The number of benzene rings is 1. The van der Waals surface area contributed by atoms with Gasteiger partial charge < -0.3 is 15.7 Å². The van der Waals surface area contributed by atoms with Crippen molar-refractivity contribution in [1.29, 1.82) is 0 Å². The van der Waals surface area contributed by atoms with Crippen LogP contribution >= 0.6 is 0 Å². The minimum absolute atomic E-state index is 0.187. The molecule has 0 bridgehead atoms. The molecule has 0 spiro atoms. The number of H-pyrrole nitrogens is 1. The van der Waals surface area contributed by atoms with E-state index in [1.54, 1.807) is 19.2 Å². The summed E-state index contributed by atoms with van der Waals surface area (Å²) < 4.78 is 0. The van der Waals surface area contributed by atoms with Crippen LogP contribution in [0.2, 0.25) is 0 Å². The Labute approximate surface area is 121 Å². The highest BCUT2D eigenvalue weighted by Crippen LogP contribution is 2.16. The van der Waals surface area contributed by atoms with Gasteiger partial charge in [0.1, 0.15) is 0 Å². The maximum atomic E-state index is 11.8. The van der Waals surface area contributed by atoms with E-state index < -0.39 is 5.97 Å². The zero-order chi connectivity index (χ0) is 15.4. The molecule has 0 saturated heterocycles. The normalized spacial score (nSPS) is 10.2. The number of carbonyl (C=O) groups excluding carboxylic acids is 1. The number of aryl methyl sites for hydroxylation is 2. The monoisotopic (exact) mass is 288 g/mol. The fourth-order valence-corrected chi connectivity index (χ4v) is 1.83. The molecule has 0 saturated carbocycles. The Morgan fingerprint density at radius 2 is 2.10 bits per heavy atom. The van der Waals surface area contributed by atoms with Crippen LogP contribution in [0.5, 0.6) is 0 Å². The average molecular weight is 288 g/mol. The average Bonchev–Trinajstić information content (AvgIpc) is 2.84. The predicted molar refractivity (Wildman–Crippen MR) is 77.3 cm³/mol. The molecule has 0 aliphatic heterocycles. The summed E-state index contributed by atoms with van der Waals surface area (Å²) >= 11 is 0. The number of hydrogen-bond donors (Lipinski definition) is 4. The van der Waals surface area contributed by atoms with Crippen molar-refractivity contribution in [2.75, 3.05) is 5.32 Å². The van der Waals surface area contributed by atoms with Gasteiger partial charge in [0.15, 0.2) is 0 Å². The number of carbonyl (C=O) groups is 2. The number of aromatic nitrogens is 2. The van der Waals surface area contributed by atoms with Crippen LogP contribution < -0.4 is 10.6 Å². The van der Waals surface area contributed by atoms with E-state index in [1.165, 1.54) is 12.1 Å². The topological polar surface area (TPSA) is 107 Å². The molecule has 2 amide bonds. The second-order valence-electron chi connectivity index (χ2n) is 4.66.